The molecule has 0 radical (unpaired) electrons. The summed E-state index contributed by atoms with van der Waals surface area (Å²) in [6, 6.07) is 10.1. The number of benzene rings is 2. The highest BCUT2D eigenvalue weighted by Crippen LogP contribution is 2.35. The SMILES string of the molecule is COc1ccc(Cl)cc1NC(=O)[C@@H]1CCN(S(C)(=O)=O)c2cc(C)ccc2O1. The second-order valence-corrected chi connectivity index (χ2v) is 8.88. The first kappa shape index (κ1) is 20.3. The molecule has 2 aromatic carbocycles. The lowest BCUT2D eigenvalue weighted by Gasteiger charge is -2.21. The number of hydrogen-bond donors (Lipinski definition) is 1. The molecule has 2 aromatic rings. The van der Waals surface area contributed by atoms with Crippen LogP contribution in [-0.4, -0.2) is 40.3 Å². The van der Waals surface area contributed by atoms with Crippen LogP contribution in [0.5, 0.6) is 11.5 Å². The van der Waals surface area contributed by atoms with Crippen LogP contribution in [0.25, 0.3) is 0 Å². The molecular formula is C19H21ClN2O5S. The Morgan fingerprint density at radius 2 is 2.04 bits per heavy atom. The maximum atomic E-state index is 12.8. The number of ether oxygens (including phenoxy) is 2. The van der Waals surface area contributed by atoms with Crippen molar-refractivity contribution >= 4 is 38.9 Å². The number of sulfonamides is 1. The van der Waals surface area contributed by atoms with Gasteiger partial charge in [0.1, 0.15) is 11.5 Å². The molecule has 1 aliphatic rings. The molecular weight excluding hydrogens is 404 g/mol. The van der Waals surface area contributed by atoms with E-state index in [4.69, 9.17) is 21.1 Å². The fourth-order valence-electron chi connectivity index (χ4n) is 3.01. The Kier molecular flexibility index (Phi) is 5.71. The zero-order valence-corrected chi connectivity index (χ0v) is 17.3. The van der Waals surface area contributed by atoms with E-state index in [9.17, 15) is 13.2 Å². The number of aryl methyl sites for hydroxylation is 1. The van der Waals surface area contributed by atoms with Gasteiger partial charge in [0, 0.05) is 18.0 Å². The Bertz CT molecular complexity index is 1010. The molecule has 9 heteroatoms. The number of methoxy groups -OCH3 is 1. The van der Waals surface area contributed by atoms with Gasteiger partial charge in [-0.1, -0.05) is 17.7 Å². The number of nitrogens with zero attached hydrogens (tertiary/aromatic N) is 1. The van der Waals surface area contributed by atoms with Gasteiger partial charge in [-0.3, -0.25) is 9.10 Å². The zero-order valence-electron chi connectivity index (χ0n) is 15.7. The number of halogens is 1. The molecule has 0 unspecified atom stereocenters. The van der Waals surface area contributed by atoms with E-state index in [-0.39, 0.29) is 13.0 Å². The number of fused-ring (bicyclic) bond motifs is 1. The van der Waals surface area contributed by atoms with Gasteiger partial charge in [-0.25, -0.2) is 8.42 Å². The minimum absolute atomic E-state index is 0.125. The first-order valence-corrected chi connectivity index (χ1v) is 10.8. The molecule has 0 bridgehead atoms. The van der Waals surface area contributed by atoms with Gasteiger partial charge in [0.25, 0.3) is 5.91 Å². The van der Waals surface area contributed by atoms with Gasteiger partial charge in [0.15, 0.2) is 6.10 Å². The van der Waals surface area contributed by atoms with Crippen molar-refractivity contribution in [1.29, 1.82) is 0 Å². The smallest absolute Gasteiger partial charge is 0.265 e. The minimum atomic E-state index is -3.52. The Hall–Kier alpha value is -2.45. The van der Waals surface area contributed by atoms with Crippen LogP contribution in [0.4, 0.5) is 11.4 Å². The number of nitrogens with one attached hydrogen (secondary N) is 1. The summed E-state index contributed by atoms with van der Waals surface area (Å²) in [5, 5.41) is 3.20. The first-order valence-electron chi connectivity index (χ1n) is 8.58. The van der Waals surface area contributed by atoms with Crippen molar-refractivity contribution in [2.75, 3.05) is 29.5 Å². The van der Waals surface area contributed by atoms with Crippen LogP contribution in [0.15, 0.2) is 36.4 Å². The van der Waals surface area contributed by atoms with Crippen molar-refractivity contribution in [3.63, 3.8) is 0 Å². The molecule has 1 aliphatic heterocycles. The maximum Gasteiger partial charge on any atom is 0.265 e. The Morgan fingerprint density at radius 3 is 2.71 bits per heavy atom. The summed E-state index contributed by atoms with van der Waals surface area (Å²) >= 11 is 6.01. The fourth-order valence-corrected chi connectivity index (χ4v) is 4.12. The Morgan fingerprint density at radius 1 is 1.29 bits per heavy atom. The quantitative estimate of drug-likeness (QED) is 0.814. The highest BCUT2D eigenvalue weighted by Gasteiger charge is 2.31. The predicted octanol–water partition coefficient (Wildman–Crippen LogP) is 3.21. The molecule has 1 heterocycles. The van der Waals surface area contributed by atoms with Crippen LogP contribution >= 0.6 is 11.6 Å². The third kappa shape index (κ3) is 4.34. The lowest BCUT2D eigenvalue weighted by molar-refractivity contribution is -0.122. The lowest BCUT2D eigenvalue weighted by Crippen LogP contribution is -2.36. The molecule has 150 valence electrons. The van der Waals surface area contributed by atoms with Crippen molar-refractivity contribution in [2.45, 2.75) is 19.4 Å². The van der Waals surface area contributed by atoms with Crippen LogP contribution in [0.3, 0.4) is 0 Å². The Balaban J connectivity index is 1.90. The van der Waals surface area contributed by atoms with Gasteiger partial charge in [-0.2, -0.15) is 0 Å². The van der Waals surface area contributed by atoms with Crippen molar-refractivity contribution in [3.05, 3.63) is 47.0 Å². The average Bonchev–Trinajstić information content (AvgIpc) is 2.81. The third-order valence-corrected chi connectivity index (χ3v) is 5.77. The molecule has 1 atom stereocenters. The van der Waals surface area contributed by atoms with Crippen LogP contribution < -0.4 is 19.1 Å². The normalized spacial score (nSPS) is 16.6. The van der Waals surface area contributed by atoms with Crippen LogP contribution in [-0.2, 0) is 14.8 Å². The number of rotatable bonds is 4. The van der Waals surface area contributed by atoms with Crippen LogP contribution in [0.2, 0.25) is 5.02 Å². The van der Waals surface area contributed by atoms with Crippen molar-refractivity contribution < 1.29 is 22.7 Å². The average molecular weight is 425 g/mol. The summed E-state index contributed by atoms with van der Waals surface area (Å²) in [4.78, 5) is 12.8. The number of amides is 1. The first-order chi connectivity index (χ1) is 13.2. The van der Waals surface area contributed by atoms with E-state index in [1.165, 1.54) is 11.4 Å². The van der Waals surface area contributed by atoms with Gasteiger partial charge in [0.2, 0.25) is 10.0 Å². The highest BCUT2D eigenvalue weighted by atomic mass is 35.5. The summed E-state index contributed by atoms with van der Waals surface area (Å²) in [6.45, 7) is 1.99. The summed E-state index contributed by atoms with van der Waals surface area (Å²) in [5.41, 5.74) is 1.73. The van der Waals surface area contributed by atoms with Crippen LogP contribution in [0, 0.1) is 6.92 Å². The lowest BCUT2D eigenvalue weighted by atomic mass is 10.2. The molecule has 3 rings (SSSR count). The van der Waals surface area contributed by atoms with E-state index in [1.807, 2.05) is 6.92 Å². The van der Waals surface area contributed by atoms with Gasteiger partial charge in [-0.05, 0) is 42.8 Å². The second-order valence-electron chi connectivity index (χ2n) is 6.54. The molecule has 0 aliphatic carbocycles. The van der Waals surface area contributed by atoms with E-state index in [0.29, 0.717) is 27.9 Å². The monoisotopic (exact) mass is 424 g/mol. The fraction of sp³-hybridized carbons (Fsp3) is 0.316. The molecule has 0 spiro atoms. The molecule has 1 N–H and O–H groups in total. The molecule has 0 saturated heterocycles. The molecule has 0 saturated carbocycles. The number of carbonyl (C=O) groups excluding carboxylic acids is 1. The van der Waals surface area contributed by atoms with Gasteiger partial charge in [-0.15, -0.1) is 0 Å². The van der Waals surface area contributed by atoms with E-state index in [0.717, 1.165) is 11.8 Å². The Labute approximate surface area is 169 Å². The van der Waals surface area contributed by atoms with Gasteiger partial charge in [0.05, 0.1) is 24.7 Å². The molecule has 1 amide bonds. The number of anilines is 2. The maximum absolute atomic E-state index is 12.8. The molecule has 0 aromatic heterocycles. The van der Waals surface area contributed by atoms with Gasteiger partial charge >= 0.3 is 0 Å². The van der Waals surface area contributed by atoms with Crippen molar-refractivity contribution in [3.8, 4) is 11.5 Å². The number of hydrogen-bond acceptors (Lipinski definition) is 5. The largest absolute Gasteiger partial charge is 0.495 e. The summed E-state index contributed by atoms with van der Waals surface area (Å²) in [5.74, 6) is 0.384. The van der Waals surface area contributed by atoms with Crippen molar-refractivity contribution in [1.82, 2.24) is 0 Å². The van der Waals surface area contributed by atoms with Gasteiger partial charge < -0.3 is 14.8 Å². The minimum Gasteiger partial charge on any atom is -0.495 e. The molecule has 28 heavy (non-hydrogen) atoms. The molecule has 0 fully saturated rings. The van der Waals surface area contributed by atoms with E-state index in [2.05, 4.69) is 5.32 Å². The molecule has 7 nitrogen and oxygen atoms in total. The summed E-state index contributed by atoms with van der Waals surface area (Å²) in [7, 11) is -2.03. The zero-order chi connectivity index (χ0) is 20.5. The van der Waals surface area contributed by atoms with E-state index >= 15 is 0 Å². The van der Waals surface area contributed by atoms with Crippen molar-refractivity contribution in [2.24, 2.45) is 0 Å². The summed E-state index contributed by atoms with van der Waals surface area (Å²) < 4.78 is 36.9. The summed E-state index contributed by atoms with van der Waals surface area (Å²) in [6.07, 6.45) is 0.447. The van der Waals surface area contributed by atoms with E-state index in [1.54, 1.807) is 36.4 Å². The number of carbonyl (C=O) groups is 1. The third-order valence-electron chi connectivity index (χ3n) is 4.36. The highest BCUT2D eigenvalue weighted by molar-refractivity contribution is 7.92. The van der Waals surface area contributed by atoms with Crippen LogP contribution in [0.1, 0.15) is 12.0 Å². The topological polar surface area (TPSA) is 84.9 Å². The second kappa shape index (κ2) is 7.89. The predicted molar refractivity (Wildman–Crippen MR) is 109 cm³/mol. The standard InChI is InChI=1S/C19H21ClN2O5S/c1-12-4-6-17-15(10-12)22(28(3,24)25)9-8-18(27-17)19(23)21-14-11-13(20)5-7-16(14)26-2/h4-7,10-11,18H,8-9H2,1-3H3,(H,21,23)/t18-/m0/s1. The van der Waals surface area contributed by atoms with E-state index < -0.39 is 22.0 Å².